The Labute approximate surface area is 127 Å². The van der Waals surface area contributed by atoms with Crippen molar-refractivity contribution in [2.24, 2.45) is 0 Å². The third kappa shape index (κ3) is 1.83. The average Bonchev–Trinajstić information content (AvgIpc) is 2.55. The first-order valence-corrected chi connectivity index (χ1v) is 8.10. The molecule has 3 rings (SSSR count). The van der Waals surface area contributed by atoms with Gasteiger partial charge in [0.15, 0.2) is 0 Å². The molecule has 0 nitrogen and oxygen atoms in total. The first-order valence-electron chi connectivity index (χ1n) is 4.62. The van der Waals surface area contributed by atoms with Gasteiger partial charge in [0.25, 0.3) is 0 Å². The Morgan fingerprint density at radius 1 is 0.938 bits per heavy atom. The molecule has 0 aliphatic heterocycles. The molecule has 0 bridgehead atoms. The topological polar surface area (TPSA) is 0 Å². The van der Waals surface area contributed by atoms with Crippen LogP contribution in [-0.4, -0.2) is 0 Å². The Bertz CT molecular complexity index is 703. The highest BCUT2D eigenvalue weighted by Crippen LogP contribution is 2.38. The van der Waals surface area contributed by atoms with Crippen molar-refractivity contribution in [2.75, 3.05) is 0 Å². The number of halogens is 3. The zero-order valence-corrected chi connectivity index (χ0v) is 14.1. The predicted octanol–water partition coefficient (Wildman–Crippen LogP) is 6.18. The summed E-state index contributed by atoms with van der Waals surface area (Å²) in [4.78, 5) is 0. The van der Waals surface area contributed by atoms with Gasteiger partial charge in [0.1, 0.15) is 0 Å². The van der Waals surface area contributed by atoms with Crippen molar-refractivity contribution in [3.8, 4) is 0 Å². The number of hydrogen-bond donors (Lipinski definition) is 0. The molecular formula is C12H5Br2IS. The minimum absolute atomic E-state index is 1.14. The van der Waals surface area contributed by atoms with Gasteiger partial charge in [-0.05, 0) is 62.8 Å². The van der Waals surface area contributed by atoms with Crippen molar-refractivity contribution in [3.63, 3.8) is 0 Å². The minimum atomic E-state index is 1.14. The zero-order valence-electron chi connectivity index (χ0n) is 7.93. The molecule has 0 saturated heterocycles. The van der Waals surface area contributed by atoms with E-state index in [1.807, 2.05) is 11.3 Å². The fraction of sp³-hybridized carbons (Fsp3) is 0. The Morgan fingerprint density at radius 3 is 2.50 bits per heavy atom. The van der Waals surface area contributed by atoms with Gasteiger partial charge in [-0.1, -0.05) is 22.0 Å². The number of thiophene rings is 1. The maximum absolute atomic E-state index is 3.58. The van der Waals surface area contributed by atoms with Crippen LogP contribution in [0.3, 0.4) is 0 Å². The molecule has 0 spiro atoms. The Hall–Kier alpha value is 0.350. The smallest absolute Gasteiger partial charge is 0.0367 e. The van der Waals surface area contributed by atoms with Gasteiger partial charge in [-0.3, -0.25) is 0 Å². The third-order valence-electron chi connectivity index (χ3n) is 2.48. The molecule has 0 aliphatic rings. The fourth-order valence-corrected chi connectivity index (χ4v) is 4.39. The quantitative estimate of drug-likeness (QED) is 0.346. The zero-order chi connectivity index (χ0) is 11.3. The molecule has 0 aliphatic carbocycles. The normalized spacial score (nSPS) is 11.4. The van der Waals surface area contributed by atoms with E-state index in [0.29, 0.717) is 0 Å². The molecule has 0 radical (unpaired) electrons. The second-order valence-electron chi connectivity index (χ2n) is 3.51. The van der Waals surface area contributed by atoms with Gasteiger partial charge >= 0.3 is 0 Å². The molecule has 80 valence electrons. The van der Waals surface area contributed by atoms with E-state index in [1.54, 1.807) is 0 Å². The molecular weight excluding hydrogens is 463 g/mol. The third-order valence-corrected chi connectivity index (χ3v) is 6.37. The highest BCUT2D eigenvalue weighted by atomic mass is 127. The number of rotatable bonds is 0. The van der Waals surface area contributed by atoms with Crippen LogP contribution in [0, 0.1) is 3.57 Å². The lowest BCUT2D eigenvalue weighted by Crippen LogP contribution is -1.73. The maximum atomic E-state index is 3.58. The molecule has 0 atom stereocenters. The molecule has 4 heteroatoms. The van der Waals surface area contributed by atoms with E-state index in [1.165, 1.54) is 28.2 Å². The minimum Gasteiger partial charge on any atom is -0.135 e. The predicted molar refractivity (Wildman–Crippen MR) is 87.4 cm³/mol. The van der Waals surface area contributed by atoms with Crippen molar-refractivity contribution in [1.29, 1.82) is 0 Å². The van der Waals surface area contributed by atoms with Crippen molar-refractivity contribution in [1.82, 2.24) is 0 Å². The summed E-state index contributed by atoms with van der Waals surface area (Å²) in [6, 6.07) is 10.9. The number of hydrogen-bond acceptors (Lipinski definition) is 1. The molecule has 3 aromatic rings. The molecule has 16 heavy (non-hydrogen) atoms. The Kier molecular flexibility index (Phi) is 3.02. The lowest BCUT2D eigenvalue weighted by atomic mass is 10.2. The highest BCUT2D eigenvalue weighted by Gasteiger charge is 2.07. The van der Waals surface area contributed by atoms with Crippen LogP contribution in [0.25, 0.3) is 20.2 Å². The summed E-state index contributed by atoms with van der Waals surface area (Å²) >= 11 is 11.3. The number of benzene rings is 2. The van der Waals surface area contributed by atoms with E-state index in [2.05, 4.69) is 84.8 Å². The van der Waals surface area contributed by atoms with Gasteiger partial charge in [0.2, 0.25) is 0 Å². The summed E-state index contributed by atoms with van der Waals surface area (Å²) < 4.78 is 6.23. The summed E-state index contributed by atoms with van der Waals surface area (Å²) in [6.07, 6.45) is 0. The van der Waals surface area contributed by atoms with Crippen LogP contribution in [0.4, 0.5) is 0 Å². The van der Waals surface area contributed by atoms with Gasteiger partial charge in [-0.15, -0.1) is 11.3 Å². The molecule has 1 heterocycles. The summed E-state index contributed by atoms with van der Waals surface area (Å²) in [5, 5.41) is 2.69. The summed E-state index contributed by atoms with van der Waals surface area (Å²) in [5.74, 6) is 0. The van der Waals surface area contributed by atoms with E-state index in [9.17, 15) is 0 Å². The molecule has 1 aromatic heterocycles. The van der Waals surface area contributed by atoms with Gasteiger partial charge in [-0.25, -0.2) is 0 Å². The largest absolute Gasteiger partial charge is 0.135 e. The summed E-state index contributed by atoms with van der Waals surface area (Å²) in [5.41, 5.74) is 0. The van der Waals surface area contributed by atoms with Crippen LogP contribution in [0.5, 0.6) is 0 Å². The van der Waals surface area contributed by atoms with Crippen LogP contribution in [0.1, 0.15) is 0 Å². The second kappa shape index (κ2) is 4.23. The van der Waals surface area contributed by atoms with E-state index >= 15 is 0 Å². The van der Waals surface area contributed by atoms with E-state index in [4.69, 9.17) is 0 Å². The molecule has 0 saturated carbocycles. The fourth-order valence-electron chi connectivity index (χ4n) is 1.75. The van der Waals surface area contributed by atoms with Crippen LogP contribution >= 0.6 is 65.8 Å². The van der Waals surface area contributed by atoms with Gasteiger partial charge in [0.05, 0.1) is 0 Å². The van der Waals surface area contributed by atoms with Crippen molar-refractivity contribution in [2.45, 2.75) is 0 Å². The SMILES string of the molecule is Brc1ccc2c(c1)sc1cc(Br)c(I)cc12. The lowest BCUT2D eigenvalue weighted by molar-refractivity contribution is 1.68. The summed E-state index contributed by atoms with van der Waals surface area (Å²) in [6.45, 7) is 0. The van der Waals surface area contributed by atoms with Crippen molar-refractivity contribution >= 4 is 86.0 Å². The monoisotopic (exact) mass is 466 g/mol. The van der Waals surface area contributed by atoms with Gasteiger partial charge < -0.3 is 0 Å². The van der Waals surface area contributed by atoms with Crippen LogP contribution in [0.15, 0.2) is 39.3 Å². The molecule has 0 unspecified atom stereocenters. The van der Waals surface area contributed by atoms with Crippen molar-refractivity contribution in [3.05, 3.63) is 42.8 Å². The van der Waals surface area contributed by atoms with Crippen molar-refractivity contribution < 1.29 is 0 Å². The molecule has 0 amide bonds. The maximum Gasteiger partial charge on any atom is 0.0367 e. The van der Waals surface area contributed by atoms with Gasteiger partial charge in [-0.2, -0.15) is 0 Å². The number of fused-ring (bicyclic) bond motifs is 3. The molecule has 0 fully saturated rings. The van der Waals surface area contributed by atoms with Crippen LogP contribution in [-0.2, 0) is 0 Å². The van der Waals surface area contributed by atoms with E-state index in [-0.39, 0.29) is 0 Å². The van der Waals surface area contributed by atoms with E-state index < -0.39 is 0 Å². The lowest BCUT2D eigenvalue weighted by Gasteiger charge is -1.96. The molecule has 0 N–H and O–H groups in total. The van der Waals surface area contributed by atoms with Crippen LogP contribution < -0.4 is 0 Å². The van der Waals surface area contributed by atoms with E-state index in [0.717, 1.165) is 4.47 Å². The first kappa shape index (κ1) is 11.4. The first-order chi connectivity index (χ1) is 7.65. The highest BCUT2D eigenvalue weighted by molar-refractivity contribution is 14.1. The summed E-state index contributed by atoms with van der Waals surface area (Å²) in [7, 11) is 0. The molecule has 2 aromatic carbocycles. The average molecular weight is 468 g/mol. The van der Waals surface area contributed by atoms with Crippen LogP contribution in [0.2, 0.25) is 0 Å². The Balaban J connectivity index is 2.51. The Morgan fingerprint density at radius 2 is 1.69 bits per heavy atom. The standard InChI is InChI=1S/C12H5Br2IS/c13-6-1-2-7-8-4-10(15)9(14)5-12(8)16-11(7)3-6/h1-5H. The van der Waals surface area contributed by atoms with Gasteiger partial charge in [0, 0.05) is 32.7 Å². The second-order valence-corrected chi connectivity index (χ2v) is 7.52.